The van der Waals surface area contributed by atoms with E-state index >= 15 is 0 Å². The fourth-order valence-corrected chi connectivity index (χ4v) is 1.36. The highest BCUT2D eigenvalue weighted by Crippen LogP contribution is 2.14. The van der Waals surface area contributed by atoms with Crippen molar-refractivity contribution in [1.29, 1.82) is 0 Å². The van der Waals surface area contributed by atoms with E-state index in [1.165, 1.54) is 6.92 Å². The van der Waals surface area contributed by atoms with Crippen molar-refractivity contribution in [2.75, 3.05) is 0 Å². The van der Waals surface area contributed by atoms with Crippen LogP contribution in [0.3, 0.4) is 0 Å². The van der Waals surface area contributed by atoms with Gasteiger partial charge < -0.3 is 4.57 Å². The number of nitrogens with zero attached hydrogens (tertiary/aromatic N) is 2. The normalized spacial score (nSPS) is 10.6. The molecule has 0 aliphatic rings. The molecule has 3 heteroatoms. The summed E-state index contributed by atoms with van der Waals surface area (Å²) in [4.78, 5) is 15.1. The number of Topliss-reactive ketones (excluding diaryl/α,β-unsaturated/α-hetero) is 1. The number of aromatic nitrogens is 2. The summed E-state index contributed by atoms with van der Waals surface area (Å²) in [7, 11) is 1.96. The number of hydrogen-bond donors (Lipinski definition) is 0. The molecule has 0 bridgehead atoms. The van der Waals surface area contributed by atoms with Gasteiger partial charge in [-0.25, -0.2) is 0 Å². The topological polar surface area (TPSA) is 34.9 Å². The Morgan fingerprint density at radius 2 is 2.31 bits per heavy atom. The van der Waals surface area contributed by atoms with Crippen molar-refractivity contribution in [3.63, 3.8) is 0 Å². The lowest BCUT2D eigenvalue weighted by atomic mass is 10.2. The largest absolute Gasteiger partial charge is 0.349 e. The number of pyridine rings is 1. The molecule has 13 heavy (non-hydrogen) atoms. The van der Waals surface area contributed by atoms with Gasteiger partial charge in [-0.05, 0) is 12.1 Å². The van der Waals surface area contributed by atoms with E-state index in [0.29, 0.717) is 5.69 Å². The molecule has 0 aliphatic heterocycles. The van der Waals surface area contributed by atoms with Gasteiger partial charge in [0, 0.05) is 25.6 Å². The van der Waals surface area contributed by atoms with Crippen LogP contribution in [0.1, 0.15) is 17.4 Å². The second-order valence-electron chi connectivity index (χ2n) is 3.11. The first kappa shape index (κ1) is 7.98. The summed E-state index contributed by atoms with van der Waals surface area (Å²) in [5, 5.41) is 1.06. The van der Waals surface area contributed by atoms with Crippen LogP contribution in [0, 0.1) is 0 Å². The molecule has 0 spiro atoms. The number of fused-ring (bicyclic) bond motifs is 1. The van der Waals surface area contributed by atoms with Crippen LogP contribution in [0.15, 0.2) is 24.5 Å². The van der Waals surface area contributed by atoms with Gasteiger partial charge in [0.05, 0.1) is 11.7 Å². The van der Waals surface area contributed by atoms with E-state index < -0.39 is 0 Å². The Balaban J connectivity index is 2.70. The van der Waals surface area contributed by atoms with Crippen molar-refractivity contribution in [2.45, 2.75) is 6.92 Å². The quantitative estimate of drug-likeness (QED) is 0.617. The van der Waals surface area contributed by atoms with Crippen molar-refractivity contribution in [1.82, 2.24) is 9.55 Å². The van der Waals surface area contributed by atoms with E-state index in [1.54, 1.807) is 6.20 Å². The first-order chi connectivity index (χ1) is 6.18. The second-order valence-corrected chi connectivity index (χ2v) is 3.11. The summed E-state index contributed by atoms with van der Waals surface area (Å²) >= 11 is 0. The predicted octanol–water partition coefficient (Wildman–Crippen LogP) is 1.78. The zero-order chi connectivity index (χ0) is 9.42. The Labute approximate surface area is 76.0 Å². The number of carbonyl (C=O) groups is 1. The maximum Gasteiger partial charge on any atom is 0.178 e. The molecule has 2 aromatic rings. The Morgan fingerprint density at radius 1 is 1.54 bits per heavy atom. The van der Waals surface area contributed by atoms with Gasteiger partial charge in [0.2, 0.25) is 0 Å². The molecule has 2 rings (SSSR count). The van der Waals surface area contributed by atoms with Crippen LogP contribution in [0.2, 0.25) is 0 Å². The SMILES string of the molecule is CC(=O)c1cc2ccn(C)c2cn1. The van der Waals surface area contributed by atoms with E-state index in [0.717, 1.165) is 10.9 Å². The van der Waals surface area contributed by atoms with E-state index in [4.69, 9.17) is 0 Å². The minimum Gasteiger partial charge on any atom is -0.349 e. The fourth-order valence-electron chi connectivity index (χ4n) is 1.36. The highest BCUT2D eigenvalue weighted by Gasteiger charge is 2.03. The third kappa shape index (κ3) is 1.22. The van der Waals surface area contributed by atoms with Gasteiger partial charge in [0.25, 0.3) is 0 Å². The molecule has 0 aromatic carbocycles. The third-order valence-electron chi connectivity index (χ3n) is 2.13. The molecule has 2 aromatic heterocycles. The van der Waals surface area contributed by atoms with Crippen LogP contribution in [0.25, 0.3) is 10.9 Å². The Morgan fingerprint density at radius 3 is 3.00 bits per heavy atom. The Hall–Kier alpha value is -1.64. The fraction of sp³-hybridized carbons (Fsp3) is 0.200. The molecule has 0 saturated carbocycles. The number of rotatable bonds is 1. The molecule has 0 aliphatic carbocycles. The molecule has 66 valence electrons. The summed E-state index contributed by atoms with van der Waals surface area (Å²) in [6, 6.07) is 3.79. The molecule has 3 nitrogen and oxygen atoms in total. The second kappa shape index (κ2) is 2.69. The molecule has 0 unspecified atom stereocenters. The zero-order valence-electron chi connectivity index (χ0n) is 7.61. The molecule has 0 saturated heterocycles. The minimum absolute atomic E-state index is 0.00533. The zero-order valence-corrected chi connectivity index (χ0v) is 7.61. The van der Waals surface area contributed by atoms with E-state index in [-0.39, 0.29) is 5.78 Å². The standard InChI is InChI=1S/C10H10N2O/c1-7(13)9-5-8-3-4-12(2)10(8)6-11-9/h3-6H,1-2H3. The average Bonchev–Trinajstić information content (AvgIpc) is 2.47. The van der Waals surface area contributed by atoms with Crippen LogP contribution in [0.4, 0.5) is 0 Å². The van der Waals surface area contributed by atoms with Gasteiger partial charge in [-0.15, -0.1) is 0 Å². The molecule has 0 atom stereocenters. The summed E-state index contributed by atoms with van der Waals surface area (Å²) in [5.41, 5.74) is 1.57. The van der Waals surface area contributed by atoms with Crippen molar-refractivity contribution >= 4 is 16.7 Å². The van der Waals surface area contributed by atoms with E-state index in [2.05, 4.69) is 4.98 Å². The minimum atomic E-state index is 0.00533. The maximum absolute atomic E-state index is 11.0. The lowest BCUT2D eigenvalue weighted by Crippen LogP contribution is -1.96. The van der Waals surface area contributed by atoms with Gasteiger partial charge in [-0.1, -0.05) is 0 Å². The van der Waals surface area contributed by atoms with Crippen LogP contribution >= 0.6 is 0 Å². The highest BCUT2D eigenvalue weighted by atomic mass is 16.1. The van der Waals surface area contributed by atoms with Crippen molar-refractivity contribution in [3.8, 4) is 0 Å². The van der Waals surface area contributed by atoms with Gasteiger partial charge in [-0.2, -0.15) is 0 Å². The lowest BCUT2D eigenvalue weighted by molar-refractivity contribution is 0.101. The molecular weight excluding hydrogens is 164 g/mol. The van der Waals surface area contributed by atoms with Crippen LogP contribution < -0.4 is 0 Å². The number of carbonyl (C=O) groups excluding carboxylic acids is 1. The van der Waals surface area contributed by atoms with Crippen LogP contribution in [-0.2, 0) is 7.05 Å². The summed E-state index contributed by atoms with van der Waals surface area (Å²) in [6.45, 7) is 1.52. The number of aryl methyl sites for hydroxylation is 1. The first-order valence-electron chi connectivity index (χ1n) is 4.10. The summed E-state index contributed by atoms with van der Waals surface area (Å²) in [5.74, 6) is 0.00533. The monoisotopic (exact) mass is 174 g/mol. The molecule has 0 fully saturated rings. The van der Waals surface area contributed by atoms with E-state index in [9.17, 15) is 4.79 Å². The Kier molecular flexibility index (Phi) is 1.65. The maximum atomic E-state index is 11.0. The Bertz CT molecular complexity index is 471. The molecule has 0 amide bonds. The summed E-state index contributed by atoms with van der Waals surface area (Å²) < 4.78 is 1.98. The van der Waals surface area contributed by atoms with Crippen molar-refractivity contribution < 1.29 is 4.79 Å². The van der Waals surface area contributed by atoms with Crippen LogP contribution in [0.5, 0.6) is 0 Å². The van der Waals surface area contributed by atoms with Gasteiger partial charge in [0.15, 0.2) is 5.78 Å². The van der Waals surface area contributed by atoms with Gasteiger partial charge in [0.1, 0.15) is 5.69 Å². The van der Waals surface area contributed by atoms with E-state index in [1.807, 2.05) is 29.9 Å². The number of hydrogen-bond acceptors (Lipinski definition) is 2. The molecule has 2 heterocycles. The third-order valence-corrected chi connectivity index (χ3v) is 2.13. The van der Waals surface area contributed by atoms with Crippen LogP contribution in [-0.4, -0.2) is 15.3 Å². The van der Waals surface area contributed by atoms with Gasteiger partial charge >= 0.3 is 0 Å². The van der Waals surface area contributed by atoms with Crippen molar-refractivity contribution in [2.24, 2.45) is 7.05 Å². The van der Waals surface area contributed by atoms with Crippen molar-refractivity contribution in [3.05, 3.63) is 30.2 Å². The highest BCUT2D eigenvalue weighted by molar-refractivity contribution is 5.95. The predicted molar refractivity (Wildman–Crippen MR) is 50.7 cm³/mol. The summed E-state index contributed by atoms with van der Waals surface area (Å²) in [6.07, 6.45) is 3.68. The molecule has 0 N–H and O–H groups in total. The lowest BCUT2D eigenvalue weighted by Gasteiger charge is -1.97. The smallest absolute Gasteiger partial charge is 0.178 e. The molecule has 0 radical (unpaired) electrons. The van der Waals surface area contributed by atoms with Gasteiger partial charge in [-0.3, -0.25) is 9.78 Å². The first-order valence-corrected chi connectivity index (χ1v) is 4.10. The molecular formula is C10H10N2O. The number of ketones is 1. The average molecular weight is 174 g/mol.